The van der Waals surface area contributed by atoms with Crippen LogP contribution in [0, 0.1) is 5.92 Å². The van der Waals surface area contributed by atoms with Crippen molar-refractivity contribution in [2.75, 3.05) is 26.2 Å². The highest BCUT2D eigenvalue weighted by Gasteiger charge is 2.38. The molecule has 0 atom stereocenters. The molecule has 36 heavy (non-hydrogen) atoms. The number of likely N-dealkylation sites (tertiary alicyclic amines) is 1. The van der Waals surface area contributed by atoms with E-state index < -0.39 is 24.3 Å². The summed E-state index contributed by atoms with van der Waals surface area (Å²) in [7, 11) is 0. The number of carbonyl (C=O) groups excluding carboxylic acids is 2. The number of benzene rings is 1. The van der Waals surface area contributed by atoms with Crippen molar-refractivity contribution in [1.82, 2.24) is 20.9 Å². The highest BCUT2D eigenvalue weighted by molar-refractivity contribution is 5.94. The Labute approximate surface area is 210 Å². The number of hydrogen-bond donors (Lipinski definition) is 3. The minimum absolute atomic E-state index is 0.146. The predicted octanol–water partition coefficient (Wildman–Crippen LogP) is 5.03. The van der Waals surface area contributed by atoms with Crippen LogP contribution in [0.1, 0.15) is 80.8 Å². The summed E-state index contributed by atoms with van der Waals surface area (Å²) in [5.41, 5.74) is -1.93. The van der Waals surface area contributed by atoms with Crippen molar-refractivity contribution in [3.63, 3.8) is 0 Å². The SMILES string of the molecule is CC(C)(C)NC(=O)NC1(CN2CCC(CNC(=O)c3cc(CF)cc(C(F)(F)F)c3)CC2)CCCC1. The molecule has 1 aromatic rings. The van der Waals surface area contributed by atoms with Gasteiger partial charge in [0.25, 0.3) is 5.91 Å². The van der Waals surface area contributed by atoms with Gasteiger partial charge in [-0.05, 0) is 89.2 Å². The minimum Gasteiger partial charge on any atom is -0.352 e. The Morgan fingerprint density at radius 1 is 1.06 bits per heavy atom. The predicted molar refractivity (Wildman–Crippen MR) is 130 cm³/mol. The van der Waals surface area contributed by atoms with Crippen LogP contribution in [-0.2, 0) is 12.9 Å². The quantitative estimate of drug-likeness (QED) is 0.447. The molecule has 2 fully saturated rings. The van der Waals surface area contributed by atoms with E-state index >= 15 is 0 Å². The highest BCUT2D eigenvalue weighted by Crippen LogP contribution is 2.33. The Kier molecular flexibility index (Phi) is 8.90. The number of nitrogens with one attached hydrogen (secondary N) is 3. The highest BCUT2D eigenvalue weighted by atomic mass is 19.4. The Bertz CT molecular complexity index is 915. The summed E-state index contributed by atoms with van der Waals surface area (Å²) in [4.78, 5) is 27.4. The van der Waals surface area contributed by atoms with Crippen molar-refractivity contribution in [2.24, 2.45) is 5.92 Å². The molecule has 3 N–H and O–H groups in total. The summed E-state index contributed by atoms with van der Waals surface area (Å²) in [6.07, 6.45) is 1.07. The van der Waals surface area contributed by atoms with Gasteiger partial charge in [0.2, 0.25) is 0 Å². The number of amides is 3. The Morgan fingerprint density at radius 3 is 2.25 bits per heavy atom. The van der Waals surface area contributed by atoms with Crippen LogP contribution in [0.2, 0.25) is 0 Å². The third-order valence-corrected chi connectivity index (χ3v) is 6.95. The molecule has 0 aromatic heterocycles. The Hall–Kier alpha value is -2.36. The molecule has 0 unspecified atom stereocenters. The summed E-state index contributed by atoms with van der Waals surface area (Å²) in [6.45, 7) is 7.54. The molecule has 0 radical (unpaired) electrons. The molecule has 3 amide bonds. The number of nitrogens with zero attached hydrogens (tertiary/aromatic N) is 1. The van der Waals surface area contributed by atoms with Crippen molar-refractivity contribution in [1.29, 1.82) is 0 Å². The van der Waals surface area contributed by atoms with Gasteiger partial charge < -0.3 is 20.9 Å². The van der Waals surface area contributed by atoms with Crippen molar-refractivity contribution >= 4 is 11.9 Å². The molecule has 1 heterocycles. The van der Waals surface area contributed by atoms with Crippen LogP contribution < -0.4 is 16.0 Å². The number of urea groups is 1. The van der Waals surface area contributed by atoms with Gasteiger partial charge in [0.15, 0.2) is 0 Å². The van der Waals surface area contributed by atoms with Crippen LogP contribution in [0.4, 0.5) is 22.4 Å². The first-order valence-electron chi connectivity index (χ1n) is 12.7. The van der Waals surface area contributed by atoms with Gasteiger partial charge in [-0.1, -0.05) is 12.8 Å². The fraction of sp³-hybridized carbons (Fsp3) is 0.692. The standard InChI is InChI=1S/C26H38F4N4O2/c1-24(2,3)32-23(36)33-25(8-4-5-9-25)17-34-10-6-18(7-11-34)16-31-22(35)20-12-19(15-27)13-21(14-20)26(28,29)30/h12-14,18H,4-11,15-17H2,1-3H3,(H,31,35)(H2,32,33,36). The van der Waals surface area contributed by atoms with Gasteiger partial charge in [-0.2, -0.15) is 13.2 Å². The molecule has 1 saturated carbocycles. The summed E-state index contributed by atoms with van der Waals surface area (Å²) in [5, 5.41) is 8.95. The van der Waals surface area contributed by atoms with E-state index in [1.807, 2.05) is 20.8 Å². The molecule has 10 heteroatoms. The van der Waals surface area contributed by atoms with E-state index in [4.69, 9.17) is 0 Å². The fourth-order valence-electron chi connectivity index (χ4n) is 5.17. The maximum Gasteiger partial charge on any atom is 0.416 e. The van der Waals surface area contributed by atoms with Gasteiger partial charge in [-0.3, -0.25) is 4.79 Å². The maximum absolute atomic E-state index is 13.1. The average molecular weight is 515 g/mol. The van der Waals surface area contributed by atoms with E-state index in [0.29, 0.717) is 6.54 Å². The number of halogens is 4. The lowest BCUT2D eigenvalue weighted by atomic mass is 9.92. The number of hydrogen-bond acceptors (Lipinski definition) is 3. The zero-order valence-electron chi connectivity index (χ0n) is 21.4. The molecule has 2 aliphatic rings. The van der Waals surface area contributed by atoms with Crippen molar-refractivity contribution in [3.05, 3.63) is 34.9 Å². The van der Waals surface area contributed by atoms with Crippen LogP contribution in [-0.4, -0.2) is 54.1 Å². The molecule has 3 rings (SSSR count). The third kappa shape index (κ3) is 8.08. The smallest absolute Gasteiger partial charge is 0.352 e. The summed E-state index contributed by atoms with van der Waals surface area (Å²) in [5.74, 6) is -0.425. The van der Waals surface area contributed by atoms with E-state index in [1.54, 1.807) is 0 Å². The largest absolute Gasteiger partial charge is 0.416 e. The molecule has 1 aromatic carbocycles. The summed E-state index contributed by atoms with van der Waals surface area (Å²) >= 11 is 0. The van der Waals surface area contributed by atoms with Gasteiger partial charge in [0.1, 0.15) is 6.67 Å². The minimum atomic E-state index is -4.65. The zero-order chi connectivity index (χ0) is 26.6. The van der Waals surface area contributed by atoms with Crippen LogP contribution in [0.25, 0.3) is 0 Å². The number of rotatable bonds is 7. The molecule has 0 spiro atoms. The average Bonchev–Trinajstić information content (AvgIpc) is 3.23. The number of alkyl halides is 4. The first kappa shape index (κ1) is 28.2. The van der Waals surface area contributed by atoms with Crippen molar-refractivity contribution in [2.45, 2.75) is 83.2 Å². The van der Waals surface area contributed by atoms with Gasteiger partial charge in [0.05, 0.1) is 11.1 Å². The van der Waals surface area contributed by atoms with Gasteiger partial charge in [-0.25, -0.2) is 9.18 Å². The first-order valence-corrected chi connectivity index (χ1v) is 12.7. The third-order valence-electron chi connectivity index (χ3n) is 6.95. The zero-order valence-corrected chi connectivity index (χ0v) is 21.4. The van der Waals surface area contributed by atoms with Gasteiger partial charge in [-0.15, -0.1) is 0 Å². The molecule has 1 aliphatic carbocycles. The Balaban J connectivity index is 1.50. The maximum atomic E-state index is 13.1. The second kappa shape index (κ2) is 11.4. The lowest BCUT2D eigenvalue weighted by Gasteiger charge is -2.40. The topological polar surface area (TPSA) is 73.5 Å². The second-order valence-corrected chi connectivity index (χ2v) is 11.3. The van der Waals surface area contributed by atoms with E-state index in [0.717, 1.165) is 76.4 Å². The summed E-state index contributed by atoms with van der Waals surface area (Å²) in [6, 6.07) is 2.51. The monoisotopic (exact) mass is 514 g/mol. The van der Waals surface area contributed by atoms with E-state index in [1.165, 1.54) is 0 Å². The number of piperidine rings is 1. The lowest BCUT2D eigenvalue weighted by molar-refractivity contribution is -0.137. The molecular weight excluding hydrogens is 476 g/mol. The van der Waals surface area contributed by atoms with Crippen molar-refractivity contribution in [3.8, 4) is 0 Å². The molecule has 0 bridgehead atoms. The van der Waals surface area contributed by atoms with Crippen LogP contribution in [0.5, 0.6) is 0 Å². The van der Waals surface area contributed by atoms with E-state index in [2.05, 4.69) is 20.9 Å². The van der Waals surface area contributed by atoms with E-state index in [9.17, 15) is 27.2 Å². The van der Waals surface area contributed by atoms with Gasteiger partial charge >= 0.3 is 12.2 Å². The Morgan fingerprint density at radius 2 is 1.69 bits per heavy atom. The molecule has 202 valence electrons. The molecule has 1 aliphatic heterocycles. The van der Waals surface area contributed by atoms with Crippen LogP contribution in [0.3, 0.4) is 0 Å². The first-order chi connectivity index (χ1) is 16.8. The normalized spacial score (nSPS) is 19.2. The van der Waals surface area contributed by atoms with Crippen molar-refractivity contribution < 1.29 is 27.2 Å². The lowest BCUT2D eigenvalue weighted by Crippen LogP contribution is -2.59. The molecule has 6 nitrogen and oxygen atoms in total. The molecular formula is C26H38F4N4O2. The van der Waals surface area contributed by atoms with Crippen LogP contribution in [0.15, 0.2) is 18.2 Å². The van der Waals surface area contributed by atoms with Gasteiger partial charge in [0, 0.05) is 24.2 Å². The number of carbonyl (C=O) groups is 2. The van der Waals surface area contributed by atoms with Crippen LogP contribution >= 0.6 is 0 Å². The van der Waals surface area contributed by atoms with E-state index in [-0.39, 0.29) is 34.2 Å². The second-order valence-electron chi connectivity index (χ2n) is 11.3. The summed E-state index contributed by atoms with van der Waals surface area (Å²) < 4.78 is 52.3. The molecule has 1 saturated heterocycles. The fourth-order valence-corrected chi connectivity index (χ4v) is 5.17.